The van der Waals surface area contributed by atoms with Crippen molar-refractivity contribution in [3.05, 3.63) is 55.7 Å². The monoisotopic (exact) mass is 512 g/mol. The molecule has 2 heterocycles. The van der Waals surface area contributed by atoms with Gasteiger partial charge in [0.25, 0.3) is 11.5 Å². The third kappa shape index (κ3) is 5.36. The summed E-state index contributed by atoms with van der Waals surface area (Å²) in [5.41, 5.74) is 1.91. The molecule has 1 amide bonds. The Morgan fingerprint density at radius 3 is 2.51 bits per heavy atom. The van der Waals surface area contributed by atoms with Crippen LogP contribution in [-0.4, -0.2) is 47.5 Å². The summed E-state index contributed by atoms with van der Waals surface area (Å²) in [5.74, 6) is 1.67. The zero-order chi connectivity index (χ0) is 25.7. The maximum absolute atomic E-state index is 13.1. The van der Waals surface area contributed by atoms with Gasteiger partial charge < -0.3 is 14.8 Å². The molecule has 0 aliphatic carbocycles. The van der Waals surface area contributed by atoms with Crippen molar-refractivity contribution < 1.29 is 14.3 Å². The van der Waals surface area contributed by atoms with Gasteiger partial charge in [-0.05, 0) is 49.1 Å². The predicted octanol–water partition coefficient (Wildman–Crippen LogP) is 3.94. The largest absolute Gasteiger partial charge is 0.493 e. The molecule has 2 aromatic rings. The number of rotatable bonds is 9. The van der Waals surface area contributed by atoms with Gasteiger partial charge in [-0.3, -0.25) is 19.1 Å². The number of carbonyl (C=O) groups excluding carboxylic acids is 1. The summed E-state index contributed by atoms with van der Waals surface area (Å²) in [7, 11) is 4.81. The highest BCUT2D eigenvalue weighted by Gasteiger charge is 2.30. The summed E-state index contributed by atoms with van der Waals surface area (Å²) in [6.07, 6.45) is 3.08. The quantitative estimate of drug-likeness (QED) is 0.399. The molecule has 10 heteroatoms. The number of aromatic nitrogens is 1. The standard InChI is InChI=1S/C25H28N4O4S2/c1-6-11-29-22(27-10-9-16-7-8-19(32-4)20(12-16)33-5)17(15(2)18(14-26)23(29)30)13-21-24(31)28(3)25(34)35-21/h7-8,12-13,27H,6,9-11H2,1-5H3/b21-13+. The second-order valence-corrected chi connectivity index (χ2v) is 9.61. The number of ether oxygens (including phenoxy) is 2. The number of thioether (sulfide) groups is 1. The zero-order valence-electron chi connectivity index (χ0n) is 20.4. The lowest BCUT2D eigenvalue weighted by atomic mass is 10.0. The van der Waals surface area contributed by atoms with E-state index in [2.05, 4.69) is 5.32 Å². The van der Waals surface area contributed by atoms with Gasteiger partial charge in [-0.25, -0.2) is 0 Å². The number of hydrogen-bond donors (Lipinski definition) is 1. The van der Waals surface area contributed by atoms with Crippen molar-refractivity contribution >= 4 is 46.1 Å². The number of thiocarbonyl (C=S) groups is 1. The molecular weight excluding hydrogens is 484 g/mol. The normalized spacial score (nSPS) is 14.4. The molecule has 0 unspecified atom stereocenters. The minimum absolute atomic E-state index is 0.0714. The molecule has 0 radical (unpaired) electrons. The van der Waals surface area contributed by atoms with Crippen LogP contribution in [0, 0.1) is 18.3 Å². The average Bonchev–Trinajstić information content (AvgIpc) is 3.10. The third-order valence-corrected chi connectivity index (χ3v) is 7.22. The molecule has 1 N–H and O–H groups in total. The molecular formula is C25H28N4O4S2. The first-order valence-electron chi connectivity index (χ1n) is 11.1. The van der Waals surface area contributed by atoms with Crippen molar-refractivity contribution in [1.82, 2.24) is 9.47 Å². The van der Waals surface area contributed by atoms with Crippen LogP contribution in [0.1, 0.15) is 35.6 Å². The van der Waals surface area contributed by atoms with Crippen LogP contribution in [0.2, 0.25) is 0 Å². The number of benzene rings is 1. The molecule has 0 saturated carbocycles. The minimum atomic E-state index is -0.347. The Morgan fingerprint density at radius 2 is 1.94 bits per heavy atom. The predicted molar refractivity (Wildman–Crippen MR) is 143 cm³/mol. The minimum Gasteiger partial charge on any atom is -0.493 e. The Labute approximate surface area is 214 Å². The molecule has 0 atom stereocenters. The fourth-order valence-electron chi connectivity index (χ4n) is 3.83. The van der Waals surface area contributed by atoms with Crippen LogP contribution >= 0.6 is 24.0 Å². The lowest BCUT2D eigenvalue weighted by Crippen LogP contribution is -2.28. The van der Waals surface area contributed by atoms with Gasteiger partial charge in [0, 0.05) is 25.7 Å². The number of carbonyl (C=O) groups is 1. The second-order valence-electron chi connectivity index (χ2n) is 7.94. The lowest BCUT2D eigenvalue weighted by molar-refractivity contribution is -0.121. The zero-order valence-corrected chi connectivity index (χ0v) is 22.1. The van der Waals surface area contributed by atoms with Gasteiger partial charge in [0.05, 0.1) is 19.1 Å². The maximum Gasteiger partial charge on any atom is 0.270 e. The number of likely N-dealkylation sites (N-methyl/N-ethyl adjacent to an activating group) is 1. The Morgan fingerprint density at radius 1 is 1.23 bits per heavy atom. The number of anilines is 1. The highest BCUT2D eigenvalue weighted by molar-refractivity contribution is 8.26. The molecule has 35 heavy (non-hydrogen) atoms. The van der Waals surface area contributed by atoms with Gasteiger partial charge in [-0.2, -0.15) is 5.26 Å². The fraction of sp³-hybridized carbons (Fsp3) is 0.360. The van der Waals surface area contributed by atoms with Gasteiger partial charge in [0.15, 0.2) is 11.5 Å². The number of nitrogens with one attached hydrogen (secondary N) is 1. The second kappa shape index (κ2) is 11.4. The number of nitrogens with zero attached hydrogens (tertiary/aromatic N) is 3. The van der Waals surface area contributed by atoms with Crippen LogP contribution in [0.5, 0.6) is 11.5 Å². The van der Waals surface area contributed by atoms with E-state index in [4.69, 9.17) is 21.7 Å². The van der Waals surface area contributed by atoms with Crippen molar-refractivity contribution in [1.29, 1.82) is 5.26 Å². The molecule has 0 spiro atoms. The summed E-state index contributed by atoms with van der Waals surface area (Å²) >= 11 is 6.47. The average molecular weight is 513 g/mol. The lowest BCUT2D eigenvalue weighted by Gasteiger charge is -2.20. The first-order valence-corrected chi connectivity index (χ1v) is 12.3. The van der Waals surface area contributed by atoms with Crippen LogP contribution in [-0.2, 0) is 17.8 Å². The fourth-order valence-corrected chi connectivity index (χ4v) is 4.99. The Bertz CT molecular complexity index is 1290. The van der Waals surface area contributed by atoms with Crippen LogP contribution in [0.15, 0.2) is 27.9 Å². The smallest absolute Gasteiger partial charge is 0.270 e. The summed E-state index contributed by atoms with van der Waals surface area (Å²) in [5, 5.41) is 13.1. The van der Waals surface area contributed by atoms with Gasteiger partial charge in [-0.1, -0.05) is 37.0 Å². The number of pyridine rings is 1. The van der Waals surface area contributed by atoms with E-state index in [9.17, 15) is 14.9 Å². The van der Waals surface area contributed by atoms with Gasteiger partial charge in [0.1, 0.15) is 21.8 Å². The van der Waals surface area contributed by atoms with Crippen molar-refractivity contribution in [2.24, 2.45) is 0 Å². The van der Waals surface area contributed by atoms with E-state index in [1.165, 1.54) is 16.7 Å². The van der Waals surface area contributed by atoms with Crippen LogP contribution in [0.3, 0.4) is 0 Å². The van der Waals surface area contributed by atoms with Gasteiger partial charge in [-0.15, -0.1) is 0 Å². The third-order valence-electron chi connectivity index (χ3n) is 5.74. The topological polar surface area (TPSA) is 96.6 Å². The molecule has 1 aliphatic heterocycles. The first-order chi connectivity index (χ1) is 16.8. The van der Waals surface area contributed by atoms with Crippen molar-refractivity contribution in [3.8, 4) is 17.6 Å². The number of amides is 1. The van der Waals surface area contributed by atoms with Gasteiger partial charge in [0.2, 0.25) is 0 Å². The van der Waals surface area contributed by atoms with E-state index >= 15 is 0 Å². The van der Waals surface area contributed by atoms with Crippen molar-refractivity contribution in [2.75, 3.05) is 33.1 Å². The van der Waals surface area contributed by atoms with E-state index in [1.54, 1.807) is 38.8 Å². The molecule has 3 rings (SSSR count). The molecule has 8 nitrogen and oxygen atoms in total. The van der Waals surface area contributed by atoms with Crippen LogP contribution < -0.4 is 20.3 Å². The summed E-state index contributed by atoms with van der Waals surface area (Å²) in [4.78, 5) is 27.7. The Balaban J connectivity index is 2.03. The van der Waals surface area contributed by atoms with E-state index in [0.717, 1.165) is 5.56 Å². The summed E-state index contributed by atoms with van der Waals surface area (Å²) < 4.78 is 12.7. The van der Waals surface area contributed by atoms with Gasteiger partial charge >= 0.3 is 0 Å². The SMILES string of the molecule is CCCn1c(NCCc2ccc(OC)c(OC)c2)c(/C=C2/SC(=S)N(C)C2=O)c(C)c(C#N)c1=O. The molecule has 1 aromatic heterocycles. The van der Waals surface area contributed by atoms with Crippen LogP contribution in [0.25, 0.3) is 6.08 Å². The maximum atomic E-state index is 13.1. The molecule has 184 valence electrons. The van der Waals surface area contributed by atoms with Crippen LogP contribution in [0.4, 0.5) is 5.82 Å². The number of hydrogen-bond acceptors (Lipinski definition) is 8. The van der Waals surface area contributed by atoms with E-state index in [1.807, 2.05) is 31.2 Å². The highest BCUT2D eigenvalue weighted by atomic mass is 32.2. The summed E-state index contributed by atoms with van der Waals surface area (Å²) in [6, 6.07) is 7.77. The van der Waals surface area contributed by atoms with E-state index in [-0.39, 0.29) is 17.0 Å². The Hall–Kier alpha value is -3.29. The molecule has 0 bridgehead atoms. The first kappa shape index (κ1) is 26.3. The summed E-state index contributed by atoms with van der Waals surface area (Å²) in [6.45, 7) is 4.64. The van der Waals surface area contributed by atoms with Crippen molar-refractivity contribution in [2.45, 2.75) is 33.2 Å². The van der Waals surface area contributed by atoms with Crippen molar-refractivity contribution in [3.63, 3.8) is 0 Å². The molecule has 1 fully saturated rings. The number of methoxy groups -OCH3 is 2. The molecule has 1 saturated heterocycles. The Kier molecular flexibility index (Phi) is 8.59. The highest BCUT2D eigenvalue weighted by Crippen LogP contribution is 2.34. The van der Waals surface area contributed by atoms with E-state index in [0.29, 0.717) is 63.6 Å². The molecule has 1 aromatic carbocycles. The van der Waals surface area contributed by atoms with E-state index < -0.39 is 0 Å². The molecule has 1 aliphatic rings. The number of nitriles is 1.